The Balaban J connectivity index is 1.41. The lowest BCUT2D eigenvalue weighted by molar-refractivity contribution is -0.122. The molecule has 0 aromatic heterocycles. The molecule has 4 rings (SSSR count). The van der Waals surface area contributed by atoms with Crippen molar-refractivity contribution in [3.63, 3.8) is 0 Å². The predicted molar refractivity (Wildman–Crippen MR) is 147 cm³/mol. The van der Waals surface area contributed by atoms with Gasteiger partial charge in [0.2, 0.25) is 0 Å². The molecule has 0 aliphatic carbocycles. The Labute approximate surface area is 228 Å². The second-order valence-corrected chi connectivity index (χ2v) is 9.69. The van der Waals surface area contributed by atoms with Crippen LogP contribution in [0.3, 0.4) is 0 Å². The second-order valence-electron chi connectivity index (χ2n) is 8.26. The van der Waals surface area contributed by atoms with Gasteiger partial charge in [0.1, 0.15) is 0 Å². The van der Waals surface area contributed by atoms with Gasteiger partial charge in [-0.1, -0.05) is 35.9 Å². The average molecular weight is 551 g/mol. The molecule has 3 amide bonds. The van der Waals surface area contributed by atoms with Gasteiger partial charge < -0.3 is 14.8 Å². The number of anilines is 1. The minimum absolute atomic E-state index is 0.173. The molecule has 0 saturated carbocycles. The van der Waals surface area contributed by atoms with Crippen LogP contribution in [0.1, 0.15) is 21.5 Å². The van der Waals surface area contributed by atoms with Crippen molar-refractivity contribution in [3.8, 4) is 11.5 Å². The largest absolute Gasteiger partial charge is 0.493 e. The Hall–Kier alpha value is -4.08. The van der Waals surface area contributed by atoms with Gasteiger partial charge in [0, 0.05) is 16.3 Å². The number of carbonyl (C=O) groups excluding carboxylic acids is 4. The highest BCUT2D eigenvalue weighted by molar-refractivity contribution is 8.18. The number of rotatable bonds is 9. The molecule has 194 valence electrons. The summed E-state index contributed by atoms with van der Waals surface area (Å²) in [6.07, 6.45) is 1.54. The number of imide groups is 1. The van der Waals surface area contributed by atoms with E-state index in [-0.39, 0.29) is 29.7 Å². The summed E-state index contributed by atoms with van der Waals surface area (Å²) in [5.41, 5.74) is 2.56. The summed E-state index contributed by atoms with van der Waals surface area (Å²) < 4.78 is 11.0. The topological polar surface area (TPSA) is 102 Å². The molecule has 3 aromatic carbocycles. The summed E-state index contributed by atoms with van der Waals surface area (Å²) in [4.78, 5) is 51.3. The van der Waals surface area contributed by atoms with Gasteiger partial charge in [-0.2, -0.15) is 0 Å². The zero-order valence-corrected chi connectivity index (χ0v) is 22.1. The first kappa shape index (κ1) is 27.0. The first-order valence-corrected chi connectivity index (χ1v) is 12.6. The Morgan fingerprint density at radius 2 is 1.76 bits per heavy atom. The molecule has 1 N–H and O–H groups in total. The van der Waals surface area contributed by atoms with Crippen molar-refractivity contribution in [2.45, 2.75) is 6.92 Å². The number of aryl methyl sites for hydroxylation is 1. The molecule has 1 fully saturated rings. The number of para-hydroxylation sites is 1. The number of nitrogens with one attached hydrogen (secondary N) is 1. The SMILES string of the molecule is COc1cc(/C=C2\SC(=O)N(CC(=O)c3ccc(Cl)cc3)C2=O)ccc1OCC(=O)Nc1ccccc1C. The van der Waals surface area contributed by atoms with Crippen molar-refractivity contribution in [3.05, 3.63) is 93.3 Å². The molecule has 1 saturated heterocycles. The maximum absolute atomic E-state index is 12.9. The van der Waals surface area contributed by atoms with E-state index < -0.39 is 11.1 Å². The lowest BCUT2D eigenvalue weighted by Gasteiger charge is -2.12. The number of Topliss-reactive ketones (excluding diaryl/α,β-unsaturated/α-hetero) is 1. The van der Waals surface area contributed by atoms with Gasteiger partial charge >= 0.3 is 0 Å². The van der Waals surface area contributed by atoms with Gasteiger partial charge in [-0.3, -0.25) is 24.1 Å². The highest BCUT2D eigenvalue weighted by atomic mass is 35.5. The number of thioether (sulfide) groups is 1. The fraction of sp³-hybridized carbons (Fsp3) is 0.143. The van der Waals surface area contributed by atoms with E-state index in [0.29, 0.717) is 33.3 Å². The normalized spacial score (nSPS) is 14.1. The lowest BCUT2D eigenvalue weighted by Crippen LogP contribution is -2.33. The molecule has 0 spiro atoms. The molecule has 0 radical (unpaired) electrons. The highest BCUT2D eigenvalue weighted by Gasteiger charge is 2.36. The minimum Gasteiger partial charge on any atom is -0.493 e. The standard InChI is InChI=1S/C28H23ClN2O6S/c1-17-5-3-4-6-21(17)30-26(33)16-37-23-12-7-18(13-24(23)36-2)14-25-27(34)31(28(35)38-25)15-22(32)19-8-10-20(29)11-9-19/h3-14H,15-16H2,1-2H3,(H,30,33)/b25-14-. The summed E-state index contributed by atoms with van der Waals surface area (Å²) in [6, 6.07) is 18.5. The van der Waals surface area contributed by atoms with E-state index in [9.17, 15) is 19.2 Å². The van der Waals surface area contributed by atoms with Crippen molar-refractivity contribution < 1.29 is 28.7 Å². The van der Waals surface area contributed by atoms with E-state index in [0.717, 1.165) is 22.2 Å². The summed E-state index contributed by atoms with van der Waals surface area (Å²) >= 11 is 6.60. The maximum Gasteiger partial charge on any atom is 0.293 e. The highest BCUT2D eigenvalue weighted by Crippen LogP contribution is 2.34. The molecule has 3 aromatic rings. The number of carbonyl (C=O) groups is 4. The Kier molecular flexibility index (Phi) is 8.50. The Bertz CT molecular complexity index is 1440. The molecule has 0 unspecified atom stereocenters. The Morgan fingerprint density at radius 3 is 2.47 bits per heavy atom. The number of nitrogens with zero attached hydrogens (tertiary/aromatic N) is 1. The molecule has 38 heavy (non-hydrogen) atoms. The molecular weight excluding hydrogens is 528 g/mol. The first-order chi connectivity index (χ1) is 18.2. The molecule has 8 nitrogen and oxygen atoms in total. The molecule has 0 atom stereocenters. The fourth-order valence-corrected chi connectivity index (χ4v) is 4.56. The van der Waals surface area contributed by atoms with Gasteiger partial charge in [-0.05, 0) is 78.4 Å². The van der Waals surface area contributed by atoms with Crippen LogP contribution in [0, 0.1) is 6.92 Å². The van der Waals surface area contributed by atoms with E-state index in [1.165, 1.54) is 13.2 Å². The van der Waals surface area contributed by atoms with Crippen LogP contribution < -0.4 is 14.8 Å². The van der Waals surface area contributed by atoms with Crippen LogP contribution in [0.25, 0.3) is 6.08 Å². The Morgan fingerprint density at radius 1 is 1.03 bits per heavy atom. The minimum atomic E-state index is -0.561. The van der Waals surface area contributed by atoms with Crippen molar-refractivity contribution in [2.75, 3.05) is 25.6 Å². The van der Waals surface area contributed by atoms with Crippen molar-refractivity contribution in [1.29, 1.82) is 0 Å². The number of ether oxygens (including phenoxy) is 2. The predicted octanol–water partition coefficient (Wildman–Crippen LogP) is 5.59. The van der Waals surface area contributed by atoms with E-state index in [2.05, 4.69) is 5.32 Å². The van der Waals surface area contributed by atoms with Gasteiger partial charge in [0.15, 0.2) is 23.9 Å². The van der Waals surface area contributed by atoms with Gasteiger partial charge in [0.25, 0.3) is 17.1 Å². The van der Waals surface area contributed by atoms with Crippen LogP contribution in [0.2, 0.25) is 5.02 Å². The first-order valence-electron chi connectivity index (χ1n) is 11.5. The summed E-state index contributed by atoms with van der Waals surface area (Å²) in [6.45, 7) is 1.29. The van der Waals surface area contributed by atoms with Crippen LogP contribution in [-0.2, 0) is 9.59 Å². The summed E-state index contributed by atoms with van der Waals surface area (Å²) in [7, 11) is 1.45. The third kappa shape index (κ3) is 6.42. The number of benzene rings is 3. The van der Waals surface area contributed by atoms with Crippen LogP contribution in [-0.4, -0.2) is 48.0 Å². The van der Waals surface area contributed by atoms with Crippen molar-refractivity contribution in [1.82, 2.24) is 4.90 Å². The molecule has 1 aliphatic rings. The van der Waals surface area contributed by atoms with Crippen LogP contribution >= 0.6 is 23.4 Å². The van der Waals surface area contributed by atoms with E-state index in [1.807, 2.05) is 25.1 Å². The zero-order valence-electron chi connectivity index (χ0n) is 20.5. The second kappa shape index (κ2) is 12.0. The van der Waals surface area contributed by atoms with Gasteiger partial charge in [-0.15, -0.1) is 0 Å². The average Bonchev–Trinajstić information content (AvgIpc) is 3.16. The molecular formula is C28H23ClN2O6S. The smallest absolute Gasteiger partial charge is 0.293 e. The molecule has 10 heteroatoms. The van der Waals surface area contributed by atoms with Crippen LogP contribution in [0.4, 0.5) is 10.5 Å². The third-order valence-electron chi connectivity index (χ3n) is 5.60. The number of ketones is 1. The zero-order chi connectivity index (χ0) is 27.2. The quantitative estimate of drug-likeness (QED) is 0.273. The maximum atomic E-state index is 12.9. The van der Waals surface area contributed by atoms with Gasteiger partial charge in [-0.25, -0.2) is 0 Å². The number of methoxy groups -OCH3 is 1. The number of halogens is 1. The summed E-state index contributed by atoms with van der Waals surface area (Å²) in [5.74, 6) is -0.576. The van der Waals surface area contributed by atoms with Crippen molar-refractivity contribution >= 4 is 58.0 Å². The number of hydrogen-bond donors (Lipinski definition) is 1. The van der Waals surface area contributed by atoms with E-state index >= 15 is 0 Å². The molecule has 0 bridgehead atoms. The molecule has 1 aliphatic heterocycles. The summed E-state index contributed by atoms with van der Waals surface area (Å²) in [5, 5.41) is 2.74. The van der Waals surface area contributed by atoms with E-state index in [1.54, 1.807) is 48.5 Å². The van der Waals surface area contributed by atoms with Crippen LogP contribution in [0.15, 0.2) is 71.6 Å². The van der Waals surface area contributed by atoms with Crippen LogP contribution in [0.5, 0.6) is 11.5 Å². The van der Waals surface area contributed by atoms with E-state index in [4.69, 9.17) is 21.1 Å². The molecule has 1 heterocycles. The van der Waals surface area contributed by atoms with Crippen molar-refractivity contribution in [2.24, 2.45) is 0 Å². The number of hydrogen-bond acceptors (Lipinski definition) is 7. The van der Waals surface area contributed by atoms with Gasteiger partial charge in [0.05, 0.1) is 18.6 Å². The lowest BCUT2D eigenvalue weighted by atomic mass is 10.1. The monoisotopic (exact) mass is 550 g/mol. The third-order valence-corrected chi connectivity index (χ3v) is 6.76. The number of amides is 3. The fourth-order valence-electron chi connectivity index (χ4n) is 3.59.